The molecule has 0 spiro atoms. The Morgan fingerprint density at radius 2 is 2.10 bits per heavy atom. The molecule has 1 N–H and O–H groups in total. The van der Waals surface area contributed by atoms with Gasteiger partial charge in [-0.25, -0.2) is 4.98 Å². The zero-order valence-corrected chi connectivity index (χ0v) is 11.2. The summed E-state index contributed by atoms with van der Waals surface area (Å²) >= 11 is 0. The van der Waals surface area contributed by atoms with E-state index in [2.05, 4.69) is 4.98 Å². The minimum absolute atomic E-state index is 0.0120. The number of hydrogen-bond acceptors (Lipinski definition) is 2. The molecule has 0 bridgehead atoms. The van der Waals surface area contributed by atoms with Gasteiger partial charge < -0.3 is 9.51 Å². The van der Waals surface area contributed by atoms with E-state index in [1.807, 2.05) is 6.92 Å². The van der Waals surface area contributed by atoms with E-state index in [0.29, 0.717) is 5.65 Å². The molecule has 0 amide bonds. The highest BCUT2D eigenvalue weighted by Gasteiger charge is 2.16. The first-order valence-corrected chi connectivity index (χ1v) is 6.24. The molecule has 0 aliphatic carbocycles. The van der Waals surface area contributed by atoms with Gasteiger partial charge in [0.05, 0.1) is 23.3 Å². The molecule has 0 radical (unpaired) electrons. The van der Waals surface area contributed by atoms with Crippen molar-refractivity contribution in [3.8, 4) is 11.3 Å². The van der Waals surface area contributed by atoms with E-state index in [0.717, 1.165) is 5.56 Å². The van der Waals surface area contributed by atoms with Gasteiger partial charge in [-0.05, 0) is 25.4 Å². The molecule has 0 unspecified atom stereocenters. The number of fused-ring (bicyclic) bond motifs is 1. The molecule has 4 heteroatoms. The number of aliphatic carboxylic acids is 1. The largest absolute Gasteiger partial charge is 0.481 e. The van der Waals surface area contributed by atoms with Crippen molar-refractivity contribution in [1.82, 2.24) is 9.38 Å². The molecule has 0 atom stereocenters. The number of carboxylic acid groups (broad SMARTS) is 1. The third kappa shape index (κ3) is 2.52. The van der Waals surface area contributed by atoms with Crippen LogP contribution in [-0.2, 0) is 11.2 Å². The van der Waals surface area contributed by atoms with Crippen molar-refractivity contribution in [3.63, 3.8) is 0 Å². The summed E-state index contributed by atoms with van der Waals surface area (Å²) in [7, 11) is 0. The van der Waals surface area contributed by atoms with Crippen molar-refractivity contribution in [2.24, 2.45) is 0 Å². The van der Waals surface area contributed by atoms with Crippen LogP contribution in [-0.4, -0.2) is 20.5 Å². The number of aromatic nitrogens is 2. The summed E-state index contributed by atoms with van der Waals surface area (Å²) in [6.45, 7) is -1.01. The maximum Gasteiger partial charge on any atom is 0.309 e. The van der Waals surface area contributed by atoms with Crippen molar-refractivity contribution in [1.29, 1.82) is 0 Å². The Balaban J connectivity index is 2.42. The van der Waals surface area contributed by atoms with Crippen LogP contribution in [0.1, 0.15) is 26.4 Å². The van der Waals surface area contributed by atoms with Crippen LogP contribution in [0.25, 0.3) is 16.9 Å². The monoisotopic (exact) mass is 287 g/mol. The second-order valence-electron chi connectivity index (χ2n) is 4.66. The van der Waals surface area contributed by atoms with Gasteiger partial charge >= 0.3 is 5.97 Å². The summed E-state index contributed by atoms with van der Waals surface area (Å²) in [6, 6.07) is 0.898. The lowest BCUT2D eigenvalue weighted by atomic mass is 10.1. The van der Waals surface area contributed by atoms with E-state index < -0.39 is 49.0 Å². The van der Waals surface area contributed by atoms with Crippen LogP contribution in [0.15, 0.2) is 42.5 Å². The van der Waals surface area contributed by atoms with Gasteiger partial charge in [0.25, 0.3) is 0 Å². The number of nitrogens with zero attached hydrogens (tertiary/aromatic N) is 2. The van der Waals surface area contributed by atoms with Crippen LogP contribution in [0.2, 0.25) is 0 Å². The van der Waals surface area contributed by atoms with E-state index in [1.165, 1.54) is 4.40 Å². The van der Waals surface area contributed by atoms with Gasteiger partial charge in [-0.2, -0.15) is 0 Å². The van der Waals surface area contributed by atoms with E-state index in [4.69, 9.17) is 9.60 Å². The average Bonchev–Trinajstić information content (AvgIpc) is 2.89. The summed E-state index contributed by atoms with van der Waals surface area (Å²) in [5.41, 5.74) is 0.496. The summed E-state index contributed by atoms with van der Waals surface area (Å²) in [6.07, 6.45) is 1.21. The first-order chi connectivity index (χ1) is 12.9. The number of carboxylic acids is 1. The Kier molecular flexibility index (Phi) is 1.78. The molecular weight excluding hydrogens is 264 g/mol. The summed E-state index contributed by atoms with van der Waals surface area (Å²) in [5, 5.41) is 9.30. The molecule has 0 saturated heterocycles. The highest BCUT2D eigenvalue weighted by Crippen LogP contribution is 2.25. The molecule has 106 valence electrons. The summed E-state index contributed by atoms with van der Waals surface area (Å²) in [5.74, 6) is -1.15. The molecule has 4 nitrogen and oxygen atoms in total. The maximum atomic E-state index is 11.4. The fraction of sp³-hybridized carbons (Fsp3) is 0.176. The van der Waals surface area contributed by atoms with Gasteiger partial charge in [0.2, 0.25) is 0 Å². The molecule has 0 saturated carbocycles. The van der Waals surface area contributed by atoms with Crippen molar-refractivity contribution >= 4 is 11.6 Å². The molecule has 2 aromatic heterocycles. The van der Waals surface area contributed by atoms with Crippen LogP contribution in [0.5, 0.6) is 0 Å². The summed E-state index contributed by atoms with van der Waals surface area (Å²) < 4.78 is 56.6. The number of carbonyl (C=O) groups is 1. The molecule has 1 aromatic carbocycles. The third-order valence-electron chi connectivity index (χ3n) is 3.05. The van der Waals surface area contributed by atoms with Gasteiger partial charge in [-0.15, -0.1) is 0 Å². The quantitative estimate of drug-likeness (QED) is 0.804. The summed E-state index contributed by atoms with van der Waals surface area (Å²) in [4.78, 5) is 15.7. The fourth-order valence-corrected chi connectivity index (χ4v) is 2.14. The van der Waals surface area contributed by atoms with Crippen LogP contribution in [0, 0.1) is 13.8 Å². The van der Waals surface area contributed by atoms with Gasteiger partial charge in [0.1, 0.15) is 5.65 Å². The molecule has 3 rings (SSSR count). The molecule has 2 heterocycles. The second-order valence-corrected chi connectivity index (χ2v) is 4.66. The van der Waals surface area contributed by atoms with E-state index in [1.54, 1.807) is 18.3 Å². The minimum atomic E-state index is -2.82. The fourth-order valence-electron chi connectivity index (χ4n) is 2.14. The van der Waals surface area contributed by atoms with E-state index in [9.17, 15) is 9.90 Å². The van der Waals surface area contributed by atoms with Crippen molar-refractivity contribution in [2.45, 2.75) is 20.2 Å². The molecule has 21 heavy (non-hydrogen) atoms. The zero-order valence-electron chi connectivity index (χ0n) is 18.2. The molecule has 0 aliphatic rings. The van der Waals surface area contributed by atoms with Crippen LogP contribution < -0.4 is 0 Å². The number of rotatable bonds is 3. The number of pyridine rings is 1. The van der Waals surface area contributed by atoms with Crippen molar-refractivity contribution in [3.05, 3.63) is 59.3 Å². The Labute approximate surface area is 132 Å². The lowest BCUT2D eigenvalue weighted by Crippen LogP contribution is -2.05. The normalized spacial score (nSPS) is 16.3. The Morgan fingerprint density at radius 1 is 1.33 bits per heavy atom. The van der Waals surface area contributed by atoms with Crippen molar-refractivity contribution < 1.29 is 19.5 Å². The molecule has 3 aromatic rings. The minimum Gasteiger partial charge on any atom is -0.481 e. The molecular formula is C17H16N2O2. The van der Waals surface area contributed by atoms with Crippen LogP contribution in [0.4, 0.5) is 0 Å². The highest BCUT2D eigenvalue weighted by atomic mass is 16.4. The van der Waals surface area contributed by atoms with Gasteiger partial charge in [0, 0.05) is 15.9 Å². The number of aryl methyl sites for hydroxylation is 1. The van der Waals surface area contributed by atoms with E-state index >= 15 is 0 Å². The predicted octanol–water partition coefficient (Wildman–Crippen LogP) is 3.25. The maximum absolute atomic E-state index is 11.4. The van der Waals surface area contributed by atoms with E-state index in [-0.39, 0.29) is 17.0 Å². The van der Waals surface area contributed by atoms with Crippen LogP contribution >= 0.6 is 0 Å². The first kappa shape index (κ1) is 7.41. The number of benzene rings is 1. The highest BCUT2D eigenvalue weighted by molar-refractivity contribution is 5.76. The molecule has 0 fully saturated rings. The zero-order chi connectivity index (χ0) is 21.0. The second kappa shape index (κ2) is 5.05. The first-order valence-electron chi connectivity index (χ1n) is 9.74. The smallest absolute Gasteiger partial charge is 0.309 e. The molecule has 0 aliphatic heterocycles. The van der Waals surface area contributed by atoms with Crippen LogP contribution in [0.3, 0.4) is 0 Å². The Morgan fingerprint density at radius 3 is 2.76 bits per heavy atom. The lowest BCUT2D eigenvalue weighted by molar-refractivity contribution is -0.136. The average molecular weight is 287 g/mol. The van der Waals surface area contributed by atoms with Crippen molar-refractivity contribution in [2.75, 3.05) is 0 Å². The Bertz CT molecular complexity index is 1090. The lowest BCUT2D eigenvalue weighted by Gasteiger charge is -2.04. The van der Waals surface area contributed by atoms with Gasteiger partial charge in [-0.1, -0.05) is 35.8 Å². The number of hydrogen-bond donors (Lipinski definition) is 1. The predicted molar refractivity (Wildman–Crippen MR) is 81.4 cm³/mol. The van der Waals surface area contributed by atoms with Gasteiger partial charge in [0.15, 0.2) is 0 Å². The SMILES string of the molecule is [2H]c1c([2H])c(C([2H])([2H])[2H])c([2H])c([2H])c1-c1nc2ccc(C)cn2c1CC(=O)O. The van der Waals surface area contributed by atoms with Gasteiger partial charge in [-0.3, -0.25) is 4.79 Å². The third-order valence-corrected chi connectivity index (χ3v) is 3.05. The standard InChI is InChI=1S/C17H16N2O2/c1-11-3-6-13(7-4-11)17-14(9-16(20)21)19-10-12(2)5-8-15(19)18-17/h3-8,10H,9H2,1-2H3,(H,20,21)/i1D3,3D,4D,6D,7D. The Hall–Kier alpha value is -2.62. The number of imidazole rings is 1. The topological polar surface area (TPSA) is 54.6 Å².